The lowest BCUT2D eigenvalue weighted by Crippen LogP contribution is -2.15. The third-order valence-electron chi connectivity index (χ3n) is 2.38. The molecule has 102 valence electrons. The Morgan fingerprint density at radius 1 is 1.40 bits per heavy atom. The number of aromatic nitrogens is 6. The van der Waals surface area contributed by atoms with Gasteiger partial charge in [-0.3, -0.25) is 4.79 Å². The summed E-state index contributed by atoms with van der Waals surface area (Å²) in [5.74, 6) is 6.50. The fourth-order valence-electron chi connectivity index (χ4n) is 1.51. The number of nitrogens with one attached hydrogen (secondary N) is 1. The average molecular weight is 290 g/mol. The molecule has 3 N–H and O–H groups in total. The Kier molecular flexibility index (Phi) is 3.21. The Morgan fingerprint density at radius 3 is 3.10 bits per heavy atom. The standard InChI is InChI=1S/C10H10N8OS/c11-17-6-13-18-9(17)15-16-10(18)20-5-8(19)14-7-3-1-2-4-12-7/h1-4,6H,5,11H2,(H,12,14,19). The van der Waals surface area contributed by atoms with Gasteiger partial charge in [-0.25, -0.2) is 9.66 Å². The SMILES string of the molecule is Nn1cnn2c(SCC(=O)Nc3ccccn3)nnc12. The van der Waals surface area contributed by atoms with E-state index in [0.29, 0.717) is 16.8 Å². The van der Waals surface area contributed by atoms with Gasteiger partial charge in [0.25, 0.3) is 5.78 Å². The first-order chi connectivity index (χ1) is 9.74. The third-order valence-corrected chi connectivity index (χ3v) is 3.30. The van der Waals surface area contributed by atoms with Gasteiger partial charge in [0.15, 0.2) is 0 Å². The van der Waals surface area contributed by atoms with Gasteiger partial charge < -0.3 is 11.2 Å². The van der Waals surface area contributed by atoms with Crippen molar-refractivity contribution in [2.75, 3.05) is 16.9 Å². The summed E-state index contributed by atoms with van der Waals surface area (Å²) < 4.78 is 2.73. The lowest BCUT2D eigenvalue weighted by molar-refractivity contribution is -0.113. The van der Waals surface area contributed by atoms with Crippen LogP contribution in [0.25, 0.3) is 5.78 Å². The van der Waals surface area contributed by atoms with E-state index in [-0.39, 0.29) is 11.7 Å². The number of hydrogen-bond acceptors (Lipinski definition) is 7. The van der Waals surface area contributed by atoms with E-state index >= 15 is 0 Å². The maximum Gasteiger partial charge on any atom is 0.273 e. The molecule has 0 fully saturated rings. The van der Waals surface area contributed by atoms with Crippen LogP contribution in [0.4, 0.5) is 5.82 Å². The highest BCUT2D eigenvalue weighted by atomic mass is 32.2. The predicted octanol–water partition coefficient (Wildman–Crippen LogP) is -0.235. The molecule has 0 aromatic carbocycles. The van der Waals surface area contributed by atoms with Crippen LogP contribution in [-0.2, 0) is 4.79 Å². The maximum absolute atomic E-state index is 11.8. The summed E-state index contributed by atoms with van der Waals surface area (Å²) in [5, 5.41) is 15.0. The molecule has 0 bridgehead atoms. The first kappa shape index (κ1) is 12.4. The highest BCUT2D eigenvalue weighted by molar-refractivity contribution is 7.99. The lowest BCUT2D eigenvalue weighted by atomic mass is 10.4. The molecule has 0 radical (unpaired) electrons. The van der Waals surface area contributed by atoms with E-state index in [1.807, 2.05) is 0 Å². The van der Waals surface area contributed by atoms with Crippen LogP contribution in [-0.4, -0.2) is 41.1 Å². The quantitative estimate of drug-likeness (QED) is 0.503. The van der Waals surface area contributed by atoms with E-state index in [1.165, 1.54) is 27.3 Å². The largest absolute Gasteiger partial charge is 0.335 e. The number of fused-ring (bicyclic) bond motifs is 1. The highest BCUT2D eigenvalue weighted by Gasteiger charge is 2.12. The first-order valence-electron chi connectivity index (χ1n) is 5.61. The van der Waals surface area contributed by atoms with E-state index in [1.54, 1.807) is 24.4 Å². The molecule has 0 aliphatic heterocycles. The van der Waals surface area contributed by atoms with Crippen molar-refractivity contribution in [3.05, 3.63) is 30.7 Å². The van der Waals surface area contributed by atoms with E-state index in [2.05, 4.69) is 25.6 Å². The molecule has 3 heterocycles. The lowest BCUT2D eigenvalue weighted by Gasteiger charge is -2.02. The number of anilines is 1. The molecule has 3 aromatic heterocycles. The number of thioether (sulfide) groups is 1. The molecule has 10 heteroatoms. The molecule has 0 atom stereocenters. The normalized spacial score (nSPS) is 10.8. The fraction of sp³-hybridized carbons (Fsp3) is 0.100. The minimum absolute atomic E-state index is 0.175. The number of nitrogens with two attached hydrogens (primary N) is 1. The van der Waals surface area contributed by atoms with Gasteiger partial charge in [0.05, 0.1) is 5.75 Å². The molecule has 3 aromatic rings. The van der Waals surface area contributed by atoms with Gasteiger partial charge >= 0.3 is 0 Å². The van der Waals surface area contributed by atoms with Crippen LogP contribution in [0.2, 0.25) is 0 Å². The Bertz CT molecular complexity index is 736. The van der Waals surface area contributed by atoms with E-state index in [9.17, 15) is 4.79 Å². The van der Waals surface area contributed by atoms with Crippen LogP contribution in [0, 0.1) is 0 Å². The van der Waals surface area contributed by atoms with Gasteiger partial charge in [0, 0.05) is 6.20 Å². The predicted molar refractivity (Wildman–Crippen MR) is 72.5 cm³/mol. The highest BCUT2D eigenvalue weighted by Crippen LogP contribution is 2.15. The van der Waals surface area contributed by atoms with Crippen molar-refractivity contribution in [1.29, 1.82) is 0 Å². The van der Waals surface area contributed by atoms with Gasteiger partial charge in [-0.2, -0.15) is 9.61 Å². The molecule has 20 heavy (non-hydrogen) atoms. The summed E-state index contributed by atoms with van der Waals surface area (Å²) in [5.41, 5.74) is 0. The summed E-state index contributed by atoms with van der Waals surface area (Å²) in [6, 6.07) is 5.29. The summed E-state index contributed by atoms with van der Waals surface area (Å²) >= 11 is 1.22. The summed E-state index contributed by atoms with van der Waals surface area (Å²) in [6.45, 7) is 0. The Hall–Kier alpha value is -2.62. The topological polar surface area (TPSA) is 116 Å². The van der Waals surface area contributed by atoms with Crippen molar-refractivity contribution in [1.82, 2.24) is 29.5 Å². The van der Waals surface area contributed by atoms with Crippen molar-refractivity contribution in [2.24, 2.45) is 0 Å². The molecule has 0 saturated heterocycles. The van der Waals surface area contributed by atoms with Crippen LogP contribution >= 0.6 is 11.8 Å². The van der Waals surface area contributed by atoms with Crippen LogP contribution in [0.1, 0.15) is 0 Å². The average Bonchev–Trinajstić information content (AvgIpc) is 3.01. The zero-order chi connectivity index (χ0) is 13.9. The van der Waals surface area contributed by atoms with Crippen LogP contribution in [0.5, 0.6) is 0 Å². The minimum Gasteiger partial charge on any atom is -0.335 e. The zero-order valence-electron chi connectivity index (χ0n) is 10.2. The second-order valence-electron chi connectivity index (χ2n) is 3.78. The molecular weight excluding hydrogens is 280 g/mol. The van der Waals surface area contributed by atoms with Crippen molar-refractivity contribution in [3.63, 3.8) is 0 Å². The first-order valence-corrected chi connectivity index (χ1v) is 6.60. The zero-order valence-corrected chi connectivity index (χ0v) is 11.0. The molecule has 0 spiro atoms. The van der Waals surface area contributed by atoms with Gasteiger partial charge in [-0.1, -0.05) is 17.8 Å². The molecule has 9 nitrogen and oxygen atoms in total. The second-order valence-corrected chi connectivity index (χ2v) is 4.73. The Morgan fingerprint density at radius 2 is 2.30 bits per heavy atom. The summed E-state index contributed by atoms with van der Waals surface area (Å²) in [4.78, 5) is 15.8. The summed E-state index contributed by atoms with van der Waals surface area (Å²) in [6.07, 6.45) is 3.03. The smallest absolute Gasteiger partial charge is 0.273 e. The maximum atomic E-state index is 11.8. The molecule has 0 aliphatic carbocycles. The second kappa shape index (κ2) is 5.17. The number of amides is 1. The van der Waals surface area contributed by atoms with Gasteiger partial charge in [0.1, 0.15) is 12.1 Å². The van der Waals surface area contributed by atoms with Crippen molar-refractivity contribution < 1.29 is 4.79 Å². The van der Waals surface area contributed by atoms with E-state index in [0.717, 1.165) is 0 Å². The molecule has 1 amide bonds. The van der Waals surface area contributed by atoms with Crippen molar-refractivity contribution in [3.8, 4) is 0 Å². The Balaban J connectivity index is 1.63. The van der Waals surface area contributed by atoms with E-state index < -0.39 is 0 Å². The van der Waals surface area contributed by atoms with Gasteiger partial charge in [-0.05, 0) is 12.1 Å². The Labute approximate surface area is 117 Å². The van der Waals surface area contributed by atoms with Gasteiger partial charge in [-0.15, -0.1) is 10.2 Å². The number of hydrogen-bond donors (Lipinski definition) is 2. The monoisotopic (exact) mass is 290 g/mol. The number of rotatable bonds is 4. The van der Waals surface area contributed by atoms with Crippen molar-refractivity contribution in [2.45, 2.75) is 5.16 Å². The van der Waals surface area contributed by atoms with E-state index in [4.69, 9.17) is 5.84 Å². The number of nitrogen functional groups attached to an aromatic ring is 1. The number of nitrogens with zero attached hydrogens (tertiary/aromatic N) is 6. The van der Waals surface area contributed by atoms with Crippen LogP contribution in [0.3, 0.4) is 0 Å². The number of carbonyl (C=O) groups is 1. The van der Waals surface area contributed by atoms with Crippen LogP contribution < -0.4 is 11.2 Å². The van der Waals surface area contributed by atoms with Gasteiger partial charge in [0.2, 0.25) is 11.1 Å². The van der Waals surface area contributed by atoms with Crippen molar-refractivity contribution >= 4 is 29.3 Å². The molecule has 0 aliphatic rings. The fourth-order valence-corrected chi connectivity index (χ4v) is 2.20. The minimum atomic E-state index is -0.183. The number of pyridine rings is 1. The third kappa shape index (κ3) is 2.40. The van der Waals surface area contributed by atoms with Crippen LogP contribution in [0.15, 0.2) is 35.9 Å². The molecule has 3 rings (SSSR count). The number of carbonyl (C=O) groups excluding carboxylic acids is 1. The molecular formula is C10H10N8OS. The molecule has 0 unspecified atom stereocenters. The summed E-state index contributed by atoms with van der Waals surface area (Å²) in [7, 11) is 0. The molecule has 0 saturated carbocycles.